The highest BCUT2D eigenvalue weighted by Crippen LogP contribution is 2.24. The Kier molecular flexibility index (Phi) is 3.74. The van der Waals surface area contributed by atoms with Crippen molar-refractivity contribution >= 4 is 5.91 Å². The number of hydrogen-bond acceptors (Lipinski definition) is 3. The van der Waals surface area contributed by atoms with Gasteiger partial charge in [-0.2, -0.15) is 0 Å². The van der Waals surface area contributed by atoms with Crippen LogP contribution in [0.15, 0.2) is 18.3 Å². The third kappa shape index (κ3) is 3.03. The van der Waals surface area contributed by atoms with E-state index in [0.29, 0.717) is 6.54 Å². The number of nitrogens with zero attached hydrogens (tertiary/aromatic N) is 1. The quantitative estimate of drug-likeness (QED) is 0.822. The molecule has 1 saturated carbocycles. The van der Waals surface area contributed by atoms with Gasteiger partial charge >= 0.3 is 0 Å². The molecule has 1 fully saturated rings. The predicted molar refractivity (Wildman–Crippen MR) is 66.1 cm³/mol. The Morgan fingerprint density at radius 2 is 2.41 bits per heavy atom. The molecular weight excluding hydrogens is 214 g/mol. The summed E-state index contributed by atoms with van der Waals surface area (Å²) in [7, 11) is 0. The molecule has 0 aliphatic heterocycles. The van der Waals surface area contributed by atoms with Crippen LogP contribution in [-0.4, -0.2) is 16.9 Å². The summed E-state index contributed by atoms with van der Waals surface area (Å²) >= 11 is 0. The highest BCUT2D eigenvalue weighted by Gasteiger charge is 2.27. The van der Waals surface area contributed by atoms with Gasteiger partial charge in [-0.15, -0.1) is 0 Å². The van der Waals surface area contributed by atoms with Gasteiger partial charge < -0.3 is 11.1 Å². The van der Waals surface area contributed by atoms with Crippen LogP contribution in [-0.2, 0) is 11.3 Å². The van der Waals surface area contributed by atoms with E-state index in [1.54, 1.807) is 6.20 Å². The van der Waals surface area contributed by atoms with Crippen molar-refractivity contribution in [1.82, 2.24) is 10.3 Å². The first-order valence-corrected chi connectivity index (χ1v) is 6.10. The fraction of sp³-hybridized carbons (Fsp3) is 0.538. The minimum Gasteiger partial charge on any atom is -0.350 e. The molecule has 0 spiro atoms. The van der Waals surface area contributed by atoms with Crippen LogP contribution < -0.4 is 11.1 Å². The van der Waals surface area contributed by atoms with Crippen molar-refractivity contribution in [2.24, 2.45) is 11.7 Å². The number of rotatable bonds is 3. The summed E-state index contributed by atoms with van der Waals surface area (Å²) in [6, 6.07) is 4.10. The number of pyridine rings is 1. The van der Waals surface area contributed by atoms with Crippen molar-refractivity contribution in [3.63, 3.8) is 0 Å². The van der Waals surface area contributed by atoms with Gasteiger partial charge in [0.25, 0.3) is 0 Å². The van der Waals surface area contributed by atoms with E-state index in [1.807, 2.05) is 19.1 Å². The lowest BCUT2D eigenvalue weighted by molar-refractivity contribution is -0.125. The van der Waals surface area contributed by atoms with E-state index in [1.165, 1.54) is 0 Å². The molecule has 0 saturated heterocycles. The number of aryl methyl sites for hydroxylation is 1. The lowest BCUT2D eigenvalue weighted by Gasteiger charge is -2.11. The van der Waals surface area contributed by atoms with Crippen molar-refractivity contribution in [2.75, 3.05) is 0 Å². The van der Waals surface area contributed by atoms with E-state index in [2.05, 4.69) is 10.3 Å². The van der Waals surface area contributed by atoms with Crippen LogP contribution in [0.2, 0.25) is 0 Å². The zero-order valence-corrected chi connectivity index (χ0v) is 10.1. The van der Waals surface area contributed by atoms with Crippen LogP contribution in [0.3, 0.4) is 0 Å². The van der Waals surface area contributed by atoms with Gasteiger partial charge in [-0.25, -0.2) is 0 Å². The minimum absolute atomic E-state index is 0.0917. The van der Waals surface area contributed by atoms with Gasteiger partial charge in [0.15, 0.2) is 0 Å². The number of carbonyl (C=O) groups excluding carboxylic acids is 1. The van der Waals surface area contributed by atoms with Crippen molar-refractivity contribution < 1.29 is 4.79 Å². The van der Waals surface area contributed by atoms with E-state index in [4.69, 9.17) is 5.73 Å². The van der Waals surface area contributed by atoms with Gasteiger partial charge in [0.1, 0.15) is 0 Å². The number of nitrogens with two attached hydrogens (primary N) is 1. The molecule has 1 aliphatic rings. The molecule has 0 radical (unpaired) electrons. The smallest absolute Gasteiger partial charge is 0.223 e. The summed E-state index contributed by atoms with van der Waals surface area (Å²) < 4.78 is 0. The molecule has 17 heavy (non-hydrogen) atoms. The highest BCUT2D eigenvalue weighted by atomic mass is 16.1. The van der Waals surface area contributed by atoms with E-state index in [9.17, 15) is 4.79 Å². The lowest BCUT2D eigenvalue weighted by Crippen LogP contribution is -2.30. The van der Waals surface area contributed by atoms with Crippen molar-refractivity contribution in [2.45, 2.75) is 38.8 Å². The fourth-order valence-corrected chi connectivity index (χ4v) is 2.27. The summed E-state index contributed by atoms with van der Waals surface area (Å²) in [5, 5.41) is 2.95. The first-order chi connectivity index (χ1) is 8.16. The lowest BCUT2D eigenvalue weighted by atomic mass is 10.1. The maximum atomic E-state index is 11.9. The van der Waals surface area contributed by atoms with E-state index in [0.717, 1.165) is 30.5 Å². The third-order valence-corrected chi connectivity index (χ3v) is 3.39. The fourth-order valence-electron chi connectivity index (χ4n) is 2.27. The number of amides is 1. The first-order valence-electron chi connectivity index (χ1n) is 6.10. The van der Waals surface area contributed by atoms with Gasteiger partial charge in [0.2, 0.25) is 5.91 Å². The molecule has 4 heteroatoms. The molecule has 0 bridgehead atoms. The van der Waals surface area contributed by atoms with Gasteiger partial charge in [-0.1, -0.05) is 6.07 Å². The Hall–Kier alpha value is -1.42. The summed E-state index contributed by atoms with van der Waals surface area (Å²) in [6.07, 6.45) is 4.43. The number of hydrogen-bond donors (Lipinski definition) is 2. The van der Waals surface area contributed by atoms with Crippen LogP contribution in [0.4, 0.5) is 0 Å². The summed E-state index contributed by atoms with van der Waals surface area (Å²) in [6.45, 7) is 2.51. The molecular formula is C13H19N3O. The van der Waals surface area contributed by atoms with E-state index in [-0.39, 0.29) is 17.9 Å². The zero-order valence-electron chi connectivity index (χ0n) is 10.1. The first kappa shape index (κ1) is 12.0. The van der Waals surface area contributed by atoms with E-state index < -0.39 is 0 Å². The highest BCUT2D eigenvalue weighted by molar-refractivity contribution is 5.78. The molecule has 1 aromatic heterocycles. The topological polar surface area (TPSA) is 68.0 Å². The standard InChI is InChI=1S/C13H19N3O/c1-9-3-2-6-15-12(9)8-16-13(17)10-4-5-11(14)7-10/h2-3,6,10-11H,4-5,7-8,14H2,1H3,(H,16,17). The van der Waals surface area contributed by atoms with Gasteiger partial charge in [0.05, 0.1) is 12.2 Å². The second kappa shape index (κ2) is 5.27. The molecule has 4 nitrogen and oxygen atoms in total. The van der Waals surface area contributed by atoms with Gasteiger partial charge in [0, 0.05) is 18.2 Å². The normalized spacial score (nSPS) is 23.6. The monoisotopic (exact) mass is 233 g/mol. The second-order valence-corrected chi connectivity index (χ2v) is 4.75. The molecule has 1 aliphatic carbocycles. The molecule has 3 N–H and O–H groups in total. The van der Waals surface area contributed by atoms with Crippen LogP contribution in [0.1, 0.15) is 30.5 Å². The molecule has 2 rings (SSSR count). The predicted octanol–water partition coefficient (Wildman–Crippen LogP) is 1.13. The Labute approximate surface area is 102 Å². The molecule has 1 aromatic rings. The number of nitrogens with one attached hydrogen (secondary N) is 1. The summed E-state index contributed by atoms with van der Waals surface area (Å²) in [5.41, 5.74) is 7.84. The van der Waals surface area contributed by atoms with Crippen molar-refractivity contribution in [1.29, 1.82) is 0 Å². The van der Waals surface area contributed by atoms with Crippen molar-refractivity contribution in [3.8, 4) is 0 Å². The maximum absolute atomic E-state index is 11.9. The van der Waals surface area contributed by atoms with Crippen LogP contribution in [0, 0.1) is 12.8 Å². The molecule has 2 atom stereocenters. The third-order valence-electron chi connectivity index (χ3n) is 3.39. The average molecular weight is 233 g/mol. The van der Waals surface area contributed by atoms with Crippen LogP contribution in [0.5, 0.6) is 0 Å². The summed E-state index contributed by atoms with van der Waals surface area (Å²) in [5.74, 6) is 0.206. The van der Waals surface area contributed by atoms with E-state index >= 15 is 0 Å². The second-order valence-electron chi connectivity index (χ2n) is 4.75. The Morgan fingerprint density at radius 1 is 1.59 bits per heavy atom. The largest absolute Gasteiger partial charge is 0.350 e. The van der Waals surface area contributed by atoms with Gasteiger partial charge in [-0.3, -0.25) is 9.78 Å². The Morgan fingerprint density at radius 3 is 3.06 bits per heavy atom. The minimum atomic E-state index is 0.0917. The van der Waals surface area contributed by atoms with Crippen LogP contribution in [0.25, 0.3) is 0 Å². The number of aromatic nitrogens is 1. The number of carbonyl (C=O) groups is 1. The summed E-state index contributed by atoms with van der Waals surface area (Å²) in [4.78, 5) is 16.1. The maximum Gasteiger partial charge on any atom is 0.223 e. The van der Waals surface area contributed by atoms with Gasteiger partial charge in [-0.05, 0) is 37.8 Å². The molecule has 92 valence electrons. The average Bonchev–Trinajstić information content (AvgIpc) is 2.74. The zero-order chi connectivity index (χ0) is 12.3. The molecule has 1 amide bonds. The van der Waals surface area contributed by atoms with Crippen molar-refractivity contribution in [3.05, 3.63) is 29.6 Å². The molecule has 1 heterocycles. The molecule has 2 unspecified atom stereocenters. The Balaban J connectivity index is 1.86. The SMILES string of the molecule is Cc1cccnc1CNC(=O)C1CCC(N)C1. The molecule has 0 aromatic carbocycles. The Bertz CT molecular complexity index is 405. The van der Waals surface area contributed by atoms with Crippen LogP contribution >= 0.6 is 0 Å².